The van der Waals surface area contributed by atoms with E-state index in [0.717, 1.165) is 12.7 Å². The van der Waals surface area contributed by atoms with Gasteiger partial charge in [0.25, 0.3) is 16.0 Å². The number of hydrogen-bond acceptors (Lipinski definition) is 4. The highest BCUT2D eigenvalue weighted by molar-refractivity contribution is 7.87. The fraction of sp³-hybridized carbons (Fsp3) is 0.250. The third kappa shape index (κ3) is 3.18. The van der Waals surface area contributed by atoms with Crippen LogP contribution in [0.4, 0.5) is 5.69 Å². The predicted molar refractivity (Wildman–Crippen MR) is 68.8 cm³/mol. The molecule has 0 unspecified atom stereocenters. The van der Waals surface area contributed by atoms with Gasteiger partial charge in [-0.15, -0.1) is 0 Å². The molecule has 0 heterocycles. The van der Waals surface area contributed by atoms with Gasteiger partial charge in [0.15, 0.2) is 0 Å². The molecule has 98 valence electrons. The number of nitrogens with one attached hydrogen (secondary N) is 1. The molecule has 0 saturated heterocycles. The lowest BCUT2D eigenvalue weighted by molar-refractivity contribution is -0.112. The number of hydrogen-bond donors (Lipinski definition) is 1. The lowest BCUT2D eigenvalue weighted by atomic mass is 10.2. The first-order valence-corrected chi connectivity index (χ1v) is 6.57. The summed E-state index contributed by atoms with van der Waals surface area (Å²) < 4.78 is 27.9. The molecule has 1 amide bonds. The minimum absolute atomic E-state index is 0.0698. The van der Waals surface area contributed by atoms with Crippen molar-refractivity contribution in [2.45, 2.75) is 18.7 Å². The Morgan fingerprint density at radius 3 is 2.50 bits per heavy atom. The Morgan fingerprint density at radius 2 is 2.00 bits per heavy atom. The third-order valence-corrected chi connectivity index (χ3v) is 3.58. The van der Waals surface area contributed by atoms with Crippen LogP contribution in [0.5, 0.6) is 0 Å². The van der Waals surface area contributed by atoms with Crippen LogP contribution in [-0.4, -0.2) is 21.4 Å². The van der Waals surface area contributed by atoms with Crippen molar-refractivity contribution in [2.75, 3.05) is 12.4 Å². The summed E-state index contributed by atoms with van der Waals surface area (Å²) in [6, 6.07) is 4.65. The Kier molecular flexibility index (Phi) is 4.26. The Hall–Kier alpha value is -1.66. The summed E-state index contributed by atoms with van der Waals surface area (Å²) in [5, 5.41) is 2.48. The molecule has 0 saturated carbocycles. The molecule has 0 aliphatic carbocycles. The maximum atomic E-state index is 11.7. The third-order valence-electron chi connectivity index (χ3n) is 2.26. The molecule has 6 heteroatoms. The zero-order valence-electron chi connectivity index (χ0n) is 10.5. The van der Waals surface area contributed by atoms with Crippen molar-refractivity contribution in [3.05, 3.63) is 35.9 Å². The highest BCUT2D eigenvalue weighted by atomic mass is 32.2. The van der Waals surface area contributed by atoms with Gasteiger partial charge >= 0.3 is 0 Å². The van der Waals surface area contributed by atoms with Crippen molar-refractivity contribution in [1.29, 1.82) is 0 Å². The van der Waals surface area contributed by atoms with Crippen molar-refractivity contribution in [3.8, 4) is 0 Å². The Labute approximate surface area is 107 Å². The Morgan fingerprint density at radius 1 is 1.39 bits per heavy atom. The average Bonchev–Trinajstić information content (AvgIpc) is 2.31. The summed E-state index contributed by atoms with van der Waals surface area (Å²) in [6.07, 6.45) is 0. The quantitative estimate of drug-likeness (QED) is 0.668. The van der Waals surface area contributed by atoms with Crippen molar-refractivity contribution in [3.63, 3.8) is 0 Å². The van der Waals surface area contributed by atoms with E-state index in [1.54, 1.807) is 13.0 Å². The second-order valence-electron chi connectivity index (χ2n) is 3.85. The molecule has 1 aromatic carbocycles. The average molecular weight is 269 g/mol. The summed E-state index contributed by atoms with van der Waals surface area (Å²) in [5.74, 6) is -0.439. The molecule has 18 heavy (non-hydrogen) atoms. The van der Waals surface area contributed by atoms with E-state index in [4.69, 9.17) is 0 Å². The first-order chi connectivity index (χ1) is 8.27. The fourth-order valence-electron chi connectivity index (χ4n) is 1.26. The van der Waals surface area contributed by atoms with Gasteiger partial charge in [0.2, 0.25) is 0 Å². The fourth-order valence-corrected chi connectivity index (χ4v) is 2.16. The van der Waals surface area contributed by atoms with Gasteiger partial charge in [-0.3, -0.25) is 8.98 Å². The monoisotopic (exact) mass is 269 g/mol. The van der Waals surface area contributed by atoms with Gasteiger partial charge < -0.3 is 5.32 Å². The van der Waals surface area contributed by atoms with Crippen LogP contribution in [0, 0.1) is 6.92 Å². The van der Waals surface area contributed by atoms with E-state index >= 15 is 0 Å². The maximum Gasteiger partial charge on any atom is 0.298 e. The molecule has 0 radical (unpaired) electrons. The van der Waals surface area contributed by atoms with Crippen LogP contribution < -0.4 is 5.32 Å². The molecule has 1 rings (SSSR count). The van der Waals surface area contributed by atoms with E-state index < -0.39 is 16.0 Å². The van der Waals surface area contributed by atoms with E-state index in [2.05, 4.69) is 16.1 Å². The highest BCUT2D eigenvalue weighted by Gasteiger charge is 2.19. The van der Waals surface area contributed by atoms with Crippen LogP contribution >= 0.6 is 0 Å². The van der Waals surface area contributed by atoms with Crippen LogP contribution in [0.3, 0.4) is 0 Å². The van der Waals surface area contributed by atoms with Crippen molar-refractivity contribution in [1.82, 2.24) is 0 Å². The topological polar surface area (TPSA) is 72.5 Å². The molecule has 0 aromatic heterocycles. The first kappa shape index (κ1) is 14.4. The van der Waals surface area contributed by atoms with Crippen molar-refractivity contribution < 1.29 is 17.4 Å². The van der Waals surface area contributed by atoms with Gasteiger partial charge in [0, 0.05) is 5.57 Å². The summed E-state index contributed by atoms with van der Waals surface area (Å²) in [6.45, 7) is 6.77. The van der Waals surface area contributed by atoms with E-state index in [-0.39, 0.29) is 16.2 Å². The predicted octanol–water partition coefficient (Wildman–Crippen LogP) is 1.84. The number of carbonyl (C=O) groups excluding carboxylic acids is 1. The molecule has 0 atom stereocenters. The molecular formula is C12H15NO4S. The smallest absolute Gasteiger partial charge is 0.298 e. The van der Waals surface area contributed by atoms with Crippen LogP contribution in [0.25, 0.3) is 0 Å². The molecule has 0 spiro atoms. The summed E-state index contributed by atoms with van der Waals surface area (Å²) in [5.41, 5.74) is 1.21. The normalized spacial score (nSPS) is 11.1. The van der Waals surface area contributed by atoms with Gasteiger partial charge in [0.05, 0.1) is 12.8 Å². The van der Waals surface area contributed by atoms with Gasteiger partial charge in [0.1, 0.15) is 4.90 Å². The van der Waals surface area contributed by atoms with Crippen LogP contribution in [0.2, 0.25) is 0 Å². The first-order valence-electron chi connectivity index (χ1n) is 5.16. The lowest BCUT2D eigenvalue weighted by Gasteiger charge is -2.11. The van der Waals surface area contributed by atoms with Gasteiger partial charge in [-0.2, -0.15) is 8.42 Å². The molecule has 0 aliphatic heterocycles. The molecular weight excluding hydrogens is 254 g/mol. The second-order valence-corrected chi connectivity index (χ2v) is 5.54. The number of aryl methyl sites for hydroxylation is 1. The van der Waals surface area contributed by atoms with Gasteiger partial charge in [-0.1, -0.05) is 12.6 Å². The largest absolute Gasteiger partial charge is 0.321 e. The second kappa shape index (κ2) is 5.32. The molecule has 0 bridgehead atoms. The zero-order valence-corrected chi connectivity index (χ0v) is 11.3. The maximum absolute atomic E-state index is 11.7. The molecule has 0 fully saturated rings. The number of rotatable bonds is 4. The van der Waals surface area contributed by atoms with Gasteiger partial charge in [-0.25, -0.2) is 0 Å². The van der Waals surface area contributed by atoms with E-state index in [0.29, 0.717) is 0 Å². The minimum atomic E-state index is -3.87. The number of amides is 1. The Bertz CT molecular complexity index is 590. The molecule has 1 N–H and O–H groups in total. The van der Waals surface area contributed by atoms with Crippen molar-refractivity contribution in [2.24, 2.45) is 0 Å². The van der Waals surface area contributed by atoms with E-state index in [9.17, 15) is 13.2 Å². The van der Waals surface area contributed by atoms with E-state index in [1.807, 2.05) is 0 Å². The number of benzene rings is 1. The van der Waals surface area contributed by atoms with Crippen LogP contribution in [-0.2, 0) is 19.1 Å². The van der Waals surface area contributed by atoms with E-state index in [1.165, 1.54) is 19.1 Å². The minimum Gasteiger partial charge on any atom is -0.321 e. The molecule has 0 aliphatic rings. The standard InChI is InChI=1S/C12H15NO4S/c1-8(2)12(14)13-10-6-5-9(3)7-11(10)18(15,16)17-4/h5-7H,1H2,2-4H3,(H,13,14). The van der Waals surface area contributed by atoms with Crippen LogP contribution in [0.15, 0.2) is 35.2 Å². The zero-order chi connectivity index (χ0) is 13.9. The van der Waals surface area contributed by atoms with Crippen LogP contribution in [0.1, 0.15) is 12.5 Å². The summed E-state index contributed by atoms with van der Waals surface area (Å²) >= 11 is 0. The van der Waals surface area contributed by atoms with Crippen molar-refractivity contribution >= 4 is 21.7 Å². The summed E-state index contributed by atoms with van der Waals surface area (Å²) in [4.78, 5) is 11.4. The summed E-state index contributed by atoms with van der Waals surface area (Å²) in [7, 11) is -2.80. The lowest BCUT2D eigenvalue weighted by Crippen LogP contribution is -2.15. The molecule has 5 nitrogen and oxygen atoms in total. The number of carbonyl (C=O) groups is 1. The number of anilines is 1. The SMILES string of the molecule is C=C(C)C(=O)Nc1ccc(C)cc1S(=O)(=O)OC. The Balaban J connectivity index is 3.29. The molecule has 1 aromatic rings. The van der Waals surface area contributed by atoms with Gasteiger partial charge in [-0.05, 0) is 31.5 Å². The highest BCUT2D eigenvalue weighted by Crippen LogP contribution is 2.24.